The lowest BCUT2D eigenvalue weighted by Crippen LogP contribution is -2.46. The summed E-state index contributed by atoms with van der Waals surface area (Å²) >= 11 is 0. The van der Waals surface area contributed by atoms with Crippen molar-refractivity contribution in [3.05, 3.63) is 66.2 Å². The molecule has 0 atom stereocenters. The van der Waals surface area contributed by atoms with Crippen LogP contribution in [0.2, 0.25) is 0 Å². The summed E-state index contributed by atoms with van der Waals surface area (Å²) in [4.78, 5) is 4.58. The highest BCUT2D eigenvalue weighted by Gasteiger charge is 2.20. The Morgan fingerprint density at radius 2 is 1.44 bits per heavy atom. The molecule has 3 aromatic carbocycles. The molecule has 4 rings (SSSR count). The molecule has 1 heterocycles. The third-order valence-electron chi connectivity index (χ3n) is 4.99. The number of phenolic OH excluding ortho intramolecular Hbond substituents is 2. The van der Waals surface area contributed by atoms with Crippen LogP contribution in [0, 0.1) is 0 Å². The number of hydrogen-bond donors (Lipinski definition) is 2. The maximum atomic E-state index is 10.3. The average molecular weight is 334 g/mol. The standard InChI is InChI=1S/C21H22N2O2/c24-20-10-9-16-5-1-2-6-17(16)18(20)15-22-11-13-23(14-12-22)19-7-3-4-8-21(19)25/h1-10,24-25H,11-15H2. The summed E-state index contributed by atoms with van der Waals surface area (Å²) in [6, 6.07) is 19.4. The molecule has 0 amide bonds. The van der Waals surface area contributed by atoms with Crippen LogP contribution >= 0.6 is 0 Å². The number of para-hydroxylation sites is 2. The molecule has 1 aliphatic heterocycles. The molecule has 1 fully saturated rings. The lowest BCUT2D eigenvalue weighted by molar-refractivity contribution is 0.247. The summed E-state index contributed by atoms with van der Waals surface area (Å²) in [6.45, 7) is 4.27. The third-order valence-corrected chi connectivity index (χ3v) is 4.99. The number of fused-ring (bicyclic) bond motifs is 1. The van der Waals surface area contributed by atoms with Crippen molar-refractivity contribution < 1.29 is 10.2 Å². The largest absolute Gasteiger partial charge is 0.508 e. The van der Waals surface area contributed by atoms with Gasteiger partial charge in [0.2, 0.25) is 0 Å². The van der Waals surface area contributed by atoms with Gasteiger partial charge in [-0.1, -0.05) is 42.5 Å². The van der Waals surface area contributed by atoms with Crippen LogP contribution < -0.4 is 4.90 Å². The molecule has 3 aromatic rings. The molecule has 2 N–H and O–H groups in total. The number of anilines is 1. The average Bonchev–Trinajstić information content (AvgIpc) is 2.65. The van der Waals surface area contributed by atoms with Crippen molar-refractivity contribution in [2.24, 2.45) is 0 Å². The predicted octanol–water partition coefficient (Wildman–Crippen LogP) is 3.57. The van der Waals surface area contributed by atoms with Gasteiger partial charge >= 0.3 is 0 Å². The van der Waals surface area contributed by atoms with Gasteiger partial charge < -0.3 is 15.1 Å². The zero-order valence-corrected chi connectivity index (χ0v) is 14.1. The van der Waals surface area contributed by atoms with E-state index >= 15 is 0 Å². The van der Waals surface area contributed by atoms with Crippen molar-refractivity contribution in [2.45, 2.75) is 6.54 Å². The van der Waals surface area contributed by atoms with Crippen LogP contribution in [-0.4, -0.2) is 41.3 Å². The highest BCUT2D eigenvalue weighted by molar-refractivity contribution is 5.87. The van der Waals surface area contributed by atoms with E-state index in [1.807, 2.05) is 36.4 Å². The molecule has 0 spiro atoms. The first-order chi connectivity index (χ1) is 12.2. The van der Waals surface area contributed by atoms with Crippen LogP contribution in [0.25, 0.3) is 10.8 Å². The second-order valence-corrected chi connectivity index (χ2v) is 6.54. The minimum absolute atomic E-state index is 0.336. The molecular weight excluding hydrogens is 312 g/mol. The van der Waals surface area contributed by atoms with E-state index in [-0.39, 0.29) is 0 Å². The molecule has 1 saturated heterocycles. The van der Waals surface area contributed by atoms with Gasteiger partial charge in [-0.2, -0.15) is 0 Å². The summed E-state index contributed by atoms with van der Waals surface area (Å²) in [5.74, 6) is 0.699. The van der Waals surface area contributed by atoms with E-state index in [9.17, 15) is 10.2 Å². The molecule has 0 radical (unpaired) electrons. The number of piperazine rings is 1. The van der Waals surface area contributed by atoms with Gasteiger partial charge in [0.15, 0.2) is 0 Å². The van der Waals surface area contributed by atoms with Crippen molar-refractivity contribution >= 4 is 16.5 Å². The highest BCUT2D eigenvalue weighted by Crippen LogP contribution is 2.30. The maximum absolute atomic E-state index is 10.3. The SMILES string of the molecule is Oc1ccccc1N1CCN(Cc2c(O)ccc3ccccc23)CC1. The van der Waals surface area contributed by atoms with Crippen LogP contribution in [0.4, 0.5) is 5.69 Å². The van der Waals surface area contributed by atoms with Gasteiger partial charge in [0, 0.05) is 38.3 Å². The van der Waals surface area contributed by atoms with E-state index < -0.39 is 0 Å². The lowest BCUT2D eigenvalue weighted by atomic mass is 10.0. The zero-order valence-electron chi connectivity index (χ0n) is 14.1. The summed E-state index contributed by atoms with van der Waals surface area (Å²) in [7, 11) is 0. The molecule has 4 nitrogen and oxygen atoms in total. The zero-order chi connectivity index (χ0) is 17.2. The van der Waals surface area contributed by atoms with E-state index in [0.717, 1.165) is 54.7 Å². The summed E-state index contributed by atoms with van der Waals surface area (Å²) < 4.78 is 0. The molecule has 25 heavy (non-hydrogen) atoms. The lowest BCUT2D eigenvalue weighted by Gasteiger charge is -2.36. The van der Waals surface area contributed by atoms with E-state index in [1.54, 1.807) is 12.1 Å². The Bertz CT molecular complexity index is 886. The minimum atomic E-state index is 0.336. The monoisotopic (exact) mass is 334 g/mol. The van der Waals surface area contributed by atoms with Crippen LogP contribution in [0.1, 0.15) is 5.56 Å². The summed E-state index contributed by atoms with van der Waals surface area (Å²) in [5.41, 5.74) is 1.89. The fourth-order valence-corrected chi connectivity index (χ4v) is 3.59. The van der Waals surface area contributed by atoms with Crippen LogP contribution in [0.15, 0.2) is 60.7 Å². The predicted molar refractivity (Wildman–Crippen MR) is 101 cm³/mol. The van der Waals surface area contributed by atoms with Gasteiger partial charge in [-0.25, -0.2) is 0 Å². The molecule has 0 unspecified atom stereocenters. The summed E-state index contributed by atoms with van der Waals surface area (Å²) in [6.07, 6.45) is 0. The second-order valence-electron chi connectivity index (χ2n) is 6.54. The normalized spacial score (nSPS) is 15.6. The molecule has 1 aliphatic rings. The van der Waals surface area contributed by atoms with Crippen LogP contribution in [-0.2, 0) is 6.54 Å². The fraction of sp³-hybridized carbons (Fsp3) is 0.238. The van der Waals surface area contributed by atoms with Gasteiger partial charge in [-0.05, 0) is 29.0 Å². The van der Waals surface area contributed by atoms with Crippen molar-refractivity contribution in [3.8, 4) is 11.5 Å². The number of phenols is 2. The topological polar surface area (TPSA) is 46.9 Å². The molecular formula is C21H22N2O2. The number of aromatic hydroxyl groups is 2. The van der Waals surface area contributed by atoms with E-state index in [1.165, 1.54) is 0 Å². The fourth-order valence-electron chi connectivity index (χ4n) is 3.59. The molecule has 0 aliphatic carbocycles. The number of nitrogens with zero attached hydrogens (tertiary/aromatic N) is 2. The summed E-state index contributed by atoms with van der Waals surface area (Å²) in [5, 5.41) is 22.6. The van der Waals surface area contributed by atoms with E-state index in [4.69, 9.17) is 0 Å². The Labute approximate surface area is 147 Å². The first kappa shape index (κ1) is 15.8. The van der Waals surface area contributed by atoms with Crippen molar-refractivity contribution in [2.75, 3.05) is 31.1 Å². The van der Waals surface area contributed by atoms with Gasteiger partial charge in [-0.3, -0.25) is 4.90 Å². The number of hydrogen-bond acceptors (Lipinski definition) is 4. The third kappa shape index (κ3) is 3.13. The smallest absolute Gasteiger partial charge is 0.138 e. The second kappa shape index (κ2) is 6.65. The van der Waals surface area contributed by atoms with Crippen LogP contribution in [0.3, 0.4) is 0 Å². The van der Waals surface area contributed by atoms with Gasteiger partial charge in [0.25, 0.3) is 0 Å². The molecule has 0 bridgehead atoms. The van der Waals surface area contributed by atoms with Crippen LogP contribution in [0.5, 0.6) is 11.5 Å². The van der Waals surface area contributed by atoms with Gasteiger partial charge in [-0.15, -0.1) is 0 Å². The van der Waals surface area contributed by atoms with Gasteiger partial charge in [0.05, 0.1) is 5.69 Å². The van der Waals surface area contributed by atoms with E-state index in [0.29, 0.717) is 11.5 Å². The van der Waals surface area contributed by atoms with Crippen molar-refractivity contribution in [3.63, 3.8) is 0 Å². The Morgan fingerprint density at radius 1 is 0.720 bits per heavy atom. The Balaban J connectivity index is 1.49. The number of rotatable bonds is 3. The van der Waals surface area contributed by atoms with E-state index in [2.05, 4.69) is 21.9 Å². The molecule has 4 heteroatoms. The quantitative estimate of drug-likeness (QED) is 0.769. The van der Waals surface area contributed by atoms with Crippen molar-refractivity contribution in [1.82, 2.24) is 4.90 Å². The Hall–Kier alpha value is -2.72. The Kier molecular flexibility index (Phi) is 4.20. The highest BCUT2D eigenvalue weighted by atomic mass is 16.3. The van der Waals surface area contributed by atoms with Gasteiger partial charge in [0.1, 0.15) is 11.5 Å². The first-order valence-corrected chi connectivity index (χ1v) is 8.67. The van der Waals surface area contributed by atoms with Crippen molar-refractivity contribution in [1.29, 1.82) is 0 Å². The maximum Gasteiger partial charge on any atom is 0.138 e. The molecule has 0 aromatic heterocycles. The minimum Gasteiger partial charge on any atom is -0.508 e. The Morgan fingerprint density at radius 3 is 2.24 bits per heavy atom. The molecule has 0 saturated carbocycles. The number of benzene rings is 3. The first-order valence-electron chi connectivity index (χ1n) is 8.67. The molecule has 128 valence electrons.